The van der Waals surface area contributed by atoms with Crippen molar-refractivity contribution in [1.29, 1.82) is 0 Å². The molecular weight excluding hydrogens is 582 g/mol. The molecule has 0 spiro atoms. The molecule has 39 heavy (non-hydrogen) atoms. The first-order valence-electron chi connectivity index (χ1n) is 13.1. The predicted molar refractivity (Wildman–Crippen MR) is 154 cm³/mol. The Morgan fingerprint density at radius 2 is 1.82 bits per heavy atom. The molecule has 1 fully saturated rings. The van der Waals surface area contributed by atoms with E-state index in [2.05, 4.69) is 42.1 Å². The van der Waals surface area contributed by atoms with Crippen LogP contribution in [0.3, 0.4) is 0 Å². The van der Waals surface area contributed by atoms with Gasteiger partial charge in [-0.2, -0.15) is 0 Å². The zero-order chi connectivity index (χ0) is 28.2. The Balaban J connectivity index is 1.51. The monoisotopic (exact) mass is 619 g/mol. The topological polar surface area (TPSA) is 75.7 Å². The van der Waals surface area contributed by atoms with E-state index in [0.29, 0.717) is 50.0 Å². The Morgan fingerprint density at radius 1 is 1.13 bits per heavy atom. The van der Waals surface area contributed by atoms with Gasteiger partial charge in [0.25, 0.3) is 5.91 Å². The minimum Gasteiger partial charge on any atom is -0.548 e. The zero-order valence-electron chi connectivity index (χ0n) is 23.3. The number of hydrogen-bond acceptors (Lipinski definition) is 7. The summed E-state index contributed by atoms with van der Waals surface area (Å²) in [5.74, 6) is 0.832. The van der Waals surface area contributed by atoms with E-state index in [1.165, 1.54) is 0 Å². The van der Waals surface area contributed by atoms with E-state index in [1.54, 1.807) is 4.90 Å². The molecule has 0 saturated carbocycles. The van der Waals surface area contributed by atoms with Crippen LogP contribution in [0.5, 0.6) is 11.5 Å². The SMILES string of the molecule is C=C(C[C@H]1OC(C)(C)O[C@@H]1C(=O)N(CCOCc1ccccc1)Cc1cc2c(cc1Br)OCO2)O[Si](C)(C)C. The van der Waals surface area contributed by atoms with Gasteiger partial charge in [-0.25, -0.2) is 0 Å². The molecule has 1 saturated heterocycles. The number of ether oxygens (including phenoxy) is 5. The quantitative estimate of drug-likeness (QED) is 0.164. The summed E-state index contributed by atoms with van der Waals surface area (Å²) >= 11 is 3.63. The second-order valence-corrected chi connectivity index (χ2v) is 16.4. The summed E-state index contributed by atoms with van der Waals surface area (Å²) in [7, 11) is -1.85. The van der Waals surface area contributed by atoms with Crippen molar-refractivity contribution in [2.24, 2.45) is 0 Å². The fraction of sp³-hybridized carbons (Fsp3) is 0.483. The number of halogens is 1. The van der Waals surface area contributed by atoms with E-state index in [9.17, 15) is 4.79 Å². The van der Waals surface area contributed by atoms with Crippen molar-refractivity contribution in [3.05, 3.63) is 70.4 Å². The van der Waals surface area contributed by atoms with Gasteiger partial charge in [-0.05, 0) is 56.7 Å². The molecule has 2 aromatic carbocycles. The maximum Gasteiger partial charge on any atom is 0.254 e. The lowest BCUT2D eigenvalue weighted by atomic mass is 10.1. The molecule has 0 radical (unpaired) electrons. The number of rotatable bonds is 12. The van der Waals surface area contributed by atoms with Gasteiger partial charge in [0.15, 0.2) is 23.4 Å². The van der Waals surface area contributed by atoms with E-state index in [4.69, 9.17) is 28.1 Å². The number of fused-ring (bicyclic) bond motifs is 1. The number of amides is 1. The summed E-state index contributed by atoms with van der Waals surface area (Å²) in [5.41, 5.74) is 1.96. The lowest BCUT2D eigenvalue weighted by Gasteiger charge is -2.28. The molecule has 212 valence electrons. The minimum absolute atomic E-state index is 0.175. The molecule has 2 atom stereocenters. The third kappa shape index (κ3) is 8.31. The van der Waals surface area contributed by atoms with Crippen LogP contribution in [0.2, 0.25) is 19.6 Å². The van der Waals surface area contributed by atoms with Crippen LogP contribution in [0.1, 0.15) is 31.4 Å². The summed E-state index contributed by atoms with van der Waals surface area (Å²) in [6.45, 7) is 15.7. The van der Waals surface area contributed by atoms with Crippen molar-refractivity contribution in [3.63, 3.8) is 0 Å². The summed E-state index contributed by atoms with van der Waals surface area (Å²) in [4.78, 5) is 15.8. The van der Waals surface area contributed by atoms with Crippen molar-refractivity contribution in [2.75, 3.05) is 19.9 Å². The van der Waals surface area contributed by atoms with E-state index in [1.807, 2.05) is 56.3 Å². The van der Waals surface area contributed by atoms with Crippen LogP contribution in [0.15, 0.2) is 59.3 Å². The largest absolute Gasteiger partial charge is 0.548 e. The van der Waals surface area contributed by atoms with Gasteiger partial charge in [-0.3, -0.25) is 4.79 Å². The average molecular weight is 621 g/mol. The molecule has 2 heterocycles. The smallest absolute Gasteiger partial charge is 0.254 e. The summed E-state index contributed by atoms with van der Waals surface area (Å²) in [6.07, 6.45) is -0.968. The Hall–Kier alpha value is -2.37. The second kappa shape index (κ2) is 12.4. The third-order valence-corrected chi connectivity index (χ3v) is 7.78. The second-order valence-electron chi connectivity index (χ2n) is 11.1. The summed E-state index contributed by atoms with van der Waals surface area (Å²) < 4.78 is 36.2. The highest BCUT2D eigenvalue weighted by molar-refractivity contribution is 9.10. The lowest BCUT2D eigenvalue weighted by molar-refractivity contribution is -0.162. The molecule has 1 amide bonds. The summed E-state index contributed by atoms with van der Waals surface area (Å²) in [5, 5.41) is 0. The van der Waals surface area contributed by atoms with Gasteiger partial charge in [-0.1, -0.05) is 52.8 Å². The van der Waals surface area contributed by atoms with Crippen molar-refractivity contribution < 1.29 is 32.9 Å². The van der Waals surface area contributed by atoms with Gasteiger partial charge in [0.05, 0.1) is 19.0 Å². The van der Waals surface area contributed by atoms with Crippen molar-refractivity contribution in [3.8, 4) is 11.5 Å². The number of hydrogen-bond donors (Lipinski definition) is 0. The molecule has 0 N–H and O–H groups in total. The van der Waals surface area contributed by atoms with Crippen LogP contribution >= 0.6 is 15.9 Å². The molecule has 10 heteroatoms. The number of nitrogens with zero attached hydrogens (tertiary/aromatic N) is 1. The molecule has 0 aliphatic carbocycles. The first-order valence-corrected chi connectivity index (χ1v) is 17.3. The van der Waals surface area contributed by atoms with Crippen molar-refractivity contribution in [2.45, 2.75) is 71.1 Å². The molecule has 0 bridgehead atoms. The highest BCUT2D eigenvalue weighted by atomic mass is 79.9. The zero-order valence-corrected chi connectivity index (χ0v) is 25.9. The Morgan fingerprint density at radius 3 is 2.51 bits per heavy atom. The molecule has 8 nitrogen and oxygen atoms in total. The normalized spacial score (nSPS) is 19.6. The Bertz CT molecular complexity index is 1170. The van der Waals surface area contributed by atoms with Crippen LogP contribution in [-0.2, 0) is 36.6 Å². The van der Waals surface area contributed by atoms with Crippen LogP contribution in [0.25, 0.3) is 0 Å². The van der Waals surface area contributed by atoms with E-state index >= 15 is 0 Å². The standard InChI is InChI=1S/C29H38BrNO7Si/c1-20(38-39(4,5)6)14-26-27(37-29(2,3)36-26)28(32)31(12-13-33-18-21-10-8-7-9-11-21)17-22-15-24-25(16-23(22)30)35-19-34-24/h7-11,15-16,26-27H,1,12-14,17-19H2,2-6H3/t26-,27+/m1/s1. The van der Waals surface area contributed by atoms with Gasteiger partial charge >= 0.3 is 0 Å². The van der Waals surface area contributed by atoms with Crippen molar-refractivity contribution in [1.82, 2.24) is 4.90 Å². The Labute approximate surface area is 240 Å². The predicted octanol–water partition coefficient (Wildman–Crippen LogP) is 6.00. The summed E-state index contributed by atoms with van der Waals surface area (Å²) in [6, 6.07) is 13.7. The van der Waals surface area contributed by atoms with Gasteiger partial charge < -0.3 is 33.0 Å². The molecule has 0 unspecified atom stereocenters. The highest BCUT2D eigenvalue weighted by Crippen LogP contribution is 2.38. The molecule has 2 aliphatic heterocycles. The molecule has 2 aromatic rings. The maximum absolute atomic E-state index is 14.1. The number of benzene rings is 2. The average Bonchev–Trinajstić information content (AvgIpc) is 3.42. The van der Waals surface area contributed by atoms with E-state index in [-0.39, 0.29) is 12.7 Å². The molecule has 4 rings (SSSR count). The molecule has 0 aromatic heterocycles. The number of carbonyl (C=O) groups excluding carboxylic acids is 1. The fourth-order valence-corrected chi connectivity index (χ4v) is 5.96. The van der Waals surface area contributed by atoms with Gasteiger partial charge in [0, 0.05) is 24.0 Å². The maximum atomic E-state index is 14.1. The Kier molecular flexibility index (Phi) is 9.43. The minimum atomic E-state index is -1.85. The molecule has 2 aliphatic rings. The third-order valence-electron chi connectivity index (χ3n) is 6.14. The van der Waals surface area contributed by atoms with E-state index in [0.717, 1.165) is 15.6 Å². The molecular formula is C29H38BrNO7Si. The van der Waals surface area contributed by atoms with Crippen LogP contribution in [0.4, 0.5) is 0 Å². The van der Waals surface area contributed by atoms with Crippen LogP contribution in [-0.4, -0.2) is 57.1 Å². The lowest BCUT2D eigenvalue weighted by Crippen LogP contribution is -2.45. The highest BCUT2D eigenvalue weighted by Gasteiger charge is 2.47. The number of carbonyl (C=O) groups is 1. The van der Waals surface area contributed by atoms with Crippen LogP contribution in [0, 0.1) is 0 Å². The van der Waals surface area contributed by atoms with Crippen LogP contribution < -0.4 is 9.47 Å². The first kappa shape index (κ1) is 29.6. The fourth-order valence-electron chi connectivity index (χ4n) is 4.57. The van der Waals surface area contributed by atoms with Gasteiger partial charge in [-0.15, -0.1) is 0 Å². The van der Waals surface area contributed by atoms with Gasteiger partial charge in [0.1, 0.15) is 6.10 Å². The first-order chi connectivity index (χ1) is 18.4. The van der Waals surface area contributed by atoms with Crippen molar-refractivity contribution >= 4 is 30.2 Å². The van der Waals surface area contributed by atoms with E-state index < -0.39 is 26.3 Å². The van der Waals surface area contributed by atoms with Gasteiger partial charge in [0.2, 0.25) is 15.1 Å².